The Labute approximate surface area is 148 Å². The van der Waals surface area contributed by atoms with Gasteiger partial charge in [-0.25, -0.2) is 4.79 Å². The van der Waals surface area contributed by atoms with Crippen LogP contribution in [0, 0.1) is 0 Å². The Morgan fingerprint density at radius 3 is 2.60 bits per heavy atom. The molecule has 0 spiro atoms. The normalized spacial score (nSPS) is 15.8. The number of aromatic nitrogens is 2. The lowest BCUT2D eigenvalue weighted by atomic mass is 10.0. The van der Waals surface area contributed by atoms with Gasteiger partial charge in [0.2, 0.25) is 5.91 Å². The Morgan fingerprint density at radius 1 is 1.12 bits per heavy atom. The van der Waals surface area contributed by atoms with E-state index in [2.05, 4.69) is 4.98 Å². The molecule has 1 aromatic carbocycles. The van der Waals surface area contributed by atoms with Crippen LogP contribution in [0.25, 0.3) is 11.0 Å². The monoisotopic (exact) mass is 344 g/mol. The van der Waals surface area contributed by atoms with E-state index in [0.717, 1.165) is 69.2 Å². The predicted molar refractivity (Wildman–Crippen MR) is 99.5 cm³/mol. The summed E-state index contributed by atoms with van der Waals surface area (Å²) in [5, 5.41) is 0. The number of hydrogen-bond acceptors (Lipinski definition) is 3. The summed E-state index contributed by atoms with van der Waals surface area (Å²) in [6.07, 6.45) is 6.46. The second-order valence-electron chi connectivity index (χ2n) is 6.88. The van der Waals surface area contributed by atoms with E-state index in [-0.39, 0.29) is 17.6 Å². The van der Waals surface area contributed by atoms with Gasteiger partial charge in [0.25, 0.3) is 0 Å². The molecule has 0 saturated carbocycles. The van der Waals surface area contributed by atoms with Crippen LogP contribution in [0.4, 0.5) is 0 Å². The molecule has 0 atom stereocenters. The van der Waals surface area contributed by atoms with Crippen LogP contribution in [0.3, 0.4) is 0 Å². The molecule has 6 heteroatoms. The molecule has 1 saturated heterocycles. The van der Waals surface area contributed by atoms with Crippen LogP contribution in [0.15, 0.2) is 29.1 Å². The third-order valence-corrected chi connectivity index (χ3v) is 5.15. The molecule has 3 rings (SSSR count). The van der Waals surface area contributed by atoms with Crippen LogP contribution in [-0.2, 0) is 4.79 Å². The smallest absolute Gasteiger partial charge is 0.326 e. The highest BCUT2D eigenvalue weighted by Crippen LogP contribution is 2.25. The lowest BCUT2D eigenvalue weighted by Gasteiger charge is -2.32. The van der Waals surface area contributed by atoms with Gasteiger partial charge in [0.1, 0.15) is 0 Å². The third kappa shape index (κ3) is 4.12. The number of carbonyl (C=O) groups excluding carboxylic acids is 1. The van der Waals surface area contributed by atoms with Crippen molar-refractivity contribution in [1.29, 1.82) is 0 Å². The summed E-state index contributed by atoms with van der Waals surface area (Å²) < 4.78 is 1.87. The molecule has 0 aliphatic carbocycles. The molecule has 136 valence electrons. The van der Waals surface area contributed by atoms with Gasteiger partial charge in [0, 0.05) is 25.6 Å². The summed E-state index contributed by atoms with van der Waals surface area (Å²) in [5.74, 6) is 0.248. The lowest BCUT2D eigenvalue weighted by molar-refractivity contribution is -0.132. The molecular formula is C19H28N4O2. The van der Waals surface area contributed by atoms with Crippen LogP contribution in [0.2, 0.25) is 0 Å². The van der Waals surface area contributed by atoms with E-state index in [0.29, 0.717) is 6.42 Å². The molecule has 2 aromatic rings. The van der Waals surface area contributed by atoms with E-state index < -0.39 is 0 Å². The van der Waals surface area contributed by atoms with Crippen LogP contribution in [0.1, 0.15) is 51.0 Å². The number of unbranched alkanes of at least 4 members (excludes halogenated alkanes) is 3. The number of nitrogens with one attached hydrogen (secondary N) is 1. The number of hydrogen-bond donors (Lipinski definition) is 2. The van der Waals surface area contributed by atoms with Crippen molar-refractivity contribution in [2.75, 3.05) is 19.6 Å². The number of likely N-dealkylation sites (tertiary alicyclic amines) is 1. The molecular weight excluding hydrogens is 316 g/mol. The molecule has 3 N–H and O–H groups in total. The number of carbonyl (C=O) groups is 1. The van der Waals surface area contributed by atoms with Crippen molar-refractivity contribution >= 4 is 16.9 Å². The molecule has 6 nitrogen and oxygen atoms in total. The average molecular weight is 344 g/mol. The van der Waals surface area contributed by atoms with Gasteiger partial charge in [-0.3, -0.25) is 9.36 Å². The summed E-state index contributed by atoms with van der Waals surface area (Å²) in [6, 6.07) is 7.95. The minimum Gasteiger partial charge on any atom is -0.343 e. The lowest BCUT2D eigenvalue weighted by Crippen LogP contribution is -2.40. The van der Waals surface area contributed by atoms with Crippen molar-refractivity contribution in [2.24, 2.45) is 5.73 Å². The highest BCUT2D eigenvalue weighted by atomic mass is 16.2. The average Bonchev–Trinajstić information content (AvgIpc) is 2.97. The van der Waals surface area contributed by atoms with Gasteiger partial charge < -0.3 is 15.6 Å². The molecule has 1 amide bonds. The Balaban J connectivity index is 1.54. The molecule has 0 radical (unpaired) electrons. The Bertz CT molecular complexity index is 756. The Hall–Kier alpha value is -2.08. The molecule has 0 unspecified atom stereocenters. The first kappa shape index (κ1) is 17.7. The van der Waals surface area contributed by atoms with E-state index in [1.54, 1.807) is 0 Å². The number of imidazole rings is 1. The molecule has 1 aliphatic rings. The molecule has 1 fully saturated rings. The maximum atomic E-state index is 12.3. The first-order chi connectivity index (χ1) is 12.2. The van der Waals surface area contributed by atoms with Crippen molar-refractivity contribution in [3.05, 3.63) is 34.7 Å². The minimum atomic E-state index is -0.0501. The zero-order chi connectivity index (χ0) is 17.6. The highest BCUT2D eigenvalue weighted by molar-refractivity contribution is 5.76. The van der Waals surface area contributed by atoms with E-state index in [4.69, 9.17) is 5.73 Å². The zero-order valence-electron chi connectivity index (χ0n) is 14.7. The summed E-state index contributed by atoms with van der Waals surface area (Å²) in [6.45, 7) is 2.20. The molecule has 25 heavy (non-hydrogen) atoms. The number of nitrogens with zero attached hydrogens (tertiary/aromatic N) is 2. The highest BCUT2D eigenvalue weighted by Gasteiger charge is 2.25. The van der Waals surface area contributed by atoms with Crippen molar-refractivity contribution in [3.8, 4) is 0 Å². The molecule has 1 aromatic heterocycles. The summed E-state index contributed by atoms with van der Waals surface area (Å²) in [4.78, 5) is 29.5. The van der Waals surface area contributed by atoms with E-state index in [9.17, 15) is 9.59 Å². The van der Waals surface area contributed by atoms with Crippen LogP contribution >= 0.6 is 0 Å². The van der Waals surface area contributed by atoms with Gasteiger partial charge in [-0.1, -0.05) is 25.0 Å². The van der Waals surface area contributed by atoms with Crippen molar-refractivity contribution in [3.63, 3.8) is 0 Å². The van der Waals surface area contributed by atoms with Crippen molar-refractivity contribution < 1.29 is 4.79 Å². The number of benzene rings is 1. The second-order valence-corrected chi connectivity index (χ2v) is 6.88. The quantitative estimate of drug-likeness (QED) is 0.757. The predicted octanol–water partition coefficient (Wildman–Crippen LogP) is 2.40. The second kappa shape index (κ2) is 8.34. The van der Waals surface area contributed by atoms with Gasteiger partial charge in [-0.05, 0) is 44.4 Å². The first-order valence-electron chi connectivity index (χ1n) is 9.38. The molecule has 0 bridgehead atoms. The van der Waals surface area contributed by atoms with E-state index >= 15 is 0 Å². The number of para-hydroxylation sites is 2. The van der Waals surface area contributed by atoms with Crippen LogP contribution in [-0.4, -0.2) is 40.0 Å². The maximum Gasteiger partial charge on any atom is 0.326 e. The van der Waals surface area contributed by atoms with Gasteiger partial charge in [-0.2, -0.15) is 0 Å². The number of piperidine rings is 1. The fourth-order valence-electron chi connectivity index (χ4n) is 3.74. The maximum absolute atomic E-state index is 12.3. The zero-order valence-corrected chi connectivity index (χ0v) is 14.7. The minimum absolute atomic E-state index is 0.0501. The summed E-state index contributed by atoms with van der Waals surface area (Å²) >= 11 is 0. The number of H-pyrrole nitrogens is 1. The number of rotatable bonds is 7. The summed E-state index contributed by atoms with van der Waals surface area (Å²) in [5.41, 5.74) is 7.27. The molecule has 2 heterocycles. The van der Waals surface area contributed by atoms with Gasteiger partial charge in [0.15, 0.2) is 0 Å². The number of aromatic amines is 1. The fraction of sp³-hybridized carbons (Fsp3) is 0.579. The fourth-order valence-corrected chi connectivity index (χ4v) is 3.74. The summed E-state index contributed by atoms with van der Waals surface area (Å²) in [7, 11) is 0. The van der Waals surface area contributed by atoms with E-state index in [1.165, 1.54) is 0 Å². The SMILES string of the molecule is NCCCCCCC(=O)N1CCC(n2c(=O)[nH]c3ccccc32)CC1. The number of amides is 1. The first-order valence-corrected chi connectivity index (χ1v) is 9.38. The largest absolute Gasteiger partial charge is 0.343 e. The van der Waals surface area contributed by atoms with Gasteiger partial charge in [-0.15, -0.1) is 0 Å². The van der Waals surface area contributed by atoms with Crippen molar-refractivity contribution in [1.82, 2.24) is 14.5 Å². The standard InChI is InChI=1S/C19H28N4O2/c20-12-6-2-1-3-9-18(24)22-13-10-15(11-14-22)23-17-8-5-4-7-16(17)21-19(23)25/h4-5,7-8,15H,1-3,6,9-14,20H2,(H,21,25). The van der Waals surface area contributed by atoms with Gasteiger partial charge >= 0.3 is 5.69 Å². The third-order valence-electron chi connectivity index (χ3n) is 5.15. The number of fused-ring (bicyclic) bond motifs is 1. The van der Waals surface area contributed by atoms with Crippen molar-refractivity contribution in [2.45, 2.75) is 51.0 Å². The Kier molecular flexibility index (Phi) is 5.91. The van der Waals surface area contributed by atoms with Crippen LogP contribution in [0.5, 0.6) is 0 Å². The van der Waals surface area contributed by atoms with Gasteiger partial charge in [0.05, 0.1) is 11.0 Å². The molecule has 1 aliphatic heterocycles. The van der Waals surface area contributed by atoms with E-state index in [1.807, 2.05) is 33.7 Å². The number of nitrogens with two attached hydrogens (primary N) is 1. The Morgan fingerprint density at radius 2 is 1.84 bits per heavy atom. The topological polar surface area (TPSA) is 84.1 Å². The van der Waals surface area contributed by atoms with Crippen LogP contribution < -0.4 is 11.4 Å².